The van der Waals surface area contributed by atoms with Gasteiger partial charge in [-0.05, 0) is 43.9 Å². The van der Waals surface area contributed by atoms with E-state index in [0.717, 1.165) is 12.8 Å². The molecule has 1 aliphatic rings. The summed E-state index contributed by atoms with van der Waals surface area (Å²) in [6.07, 6.45) is 2.68. The van der Waals surface area contributed by atoms with Gasteiger partial charge in [0.1, 0.15) is 0 Å². The first-order valence-electron chi connectivity index (χ1n) is 8.06. The summed E-state index contributed by atoms with van der Waals surface area (Å²) in [5, 5.41) is 2.91. The van der Waals surface area contributed by atoms with Gasteiger partial charge in [0.25, 0.3) is 0 Å². The van der Waals surface area contributed by atoms with Gasteiger partial charge in [-0.3, -0.25) is 4.79 Å². The number of piperidine rings is 1. The summed E-state index contributed by atoms with van der Waals surface area (Å²) in [5.41, 5.74) is 5.38. The zero-order valence-electron chi connectivity index (χ0n) is 13.3. The van der Waals surface area contributed by atoms with Crippen LogP contribution in [-0.2, 0) is 14.8 Å². The molecule has 1 amide bonds. The van der Waals surface area contributed by atoms with Gasteiger partial charge in [-0.25, -0.2) is 8.42 Å². The highest BCUT2D eigenvalue weighted by molar-refractivity contribution is 7.89. The number of carbonyl (C=O) groups excluding carboxylic acids is 1. The molecule has 0 bridgehead atoms. The van der Waals surface area contributed by atoms with Crippen LogP contribution in [-0.4, -0.2) is 44.8 Å². The zero-order chi connectivity index (χ0) is 16.7. The van der Waals surface area contributed by atoms with Gasteiger partial charge in [-0.1, -0.05) is 18.2 Å². The third kappa shape index (κ3) is 5.02. The Hall–Kier alpha value is -1.44. The van der Waals surface area contributed by atoms with Crippen molar-refractivity contribution in [2.24, 2.45) is 11.7 Å². The Balaban J connectivity index is 1.81. The highest BCUT2D eigenvalue weighted by Crippen LogP contribution is 2.23. The van der Waals surface area contributed by atoms with E-state index in [9.17, 15) is 13.2 Å². The molecule has 6 nitrogen and oxygen atoms in total. The van der Waals surface area contributed by atoms with Crippen molar-refractivity contribution in [3.63, 3.8) is 0 Å². The predicted octanol–water partition coefficient (Wildman–Crippen LogP) is 0.942. The molecule has 128 valence electrons. The van der Waals surface area contributed by atoms with Crippen molar-refractivity contribution in [1.82, 2.24) is 9.62 Å². The first-order chi connectivity index (χ1) is 11.0. The molecule has 1 saturated heterocycles. The lowest BCUT2D eigenvalue weighted by Crippen LogP contribution is -2.41. The number of amides is 1. The molecule has 23 heavy (non-hydrogen) atoms. The number of nitrogens with zero attached hydrogens (tertiary/aromatic N) is 1. The van der Waals surface area contributed by atoms with Crippen LogP contribution in [0.25, 0.3) is 0 Å². The van der Waals surface area contributed by atoms with Crippen molar-refractivity contribution in [2.75, 3.05) is 26.2 Å². The van der Waals surface area contributed by atoms with Crippen LogP contribution in [0, 0.1) is 5.92 Å². The number of rotatable bonds is 7. The minimum Gasteiger partial charge on any atom is -0.356 e. The predicted molar refractivity (Wildman–Crippen MR) is 89.2 cm³/mol. The monoisotopic (exact) mass is 339 g/mol. The van der Waals surface area contributed by atoms with Crippen LogP contribution in [0.1, 0.15) is 25.7 Å². The van der Waals surface area contributed by atoms with E-state index in [1.807, 2.05) is 0 Å². The van der Waals surface area contributed by atoms with Crippen LogP contribution in [0.2, 0.25) is 0 Å². The number of hydrogen-bond donors (Lipinski definition) is 2. The average molecular weight is 339 g/mol. The van der Waals surface area contributed by atoms with Gasteiger partial charge in [0, 0.05) is 26.1 Å². The van der Waals surface area contributed by atoms with Crippen molar-refractivity contribution >= 4 is 15.9 Å². The highest BCUT2D eigenvalue weighted by atomic mass is 32.2. The second-order valence-electron chi connectivity index (χ2n) is 5.86. The lowest BCUT2D eigenvalue weighted by atomic mass is 9.98. The van der Waals surface area contributed by atoms with Gasteiger partial charge >= 0.3 is 0 Å². The summed E-state index contributed by atoms with van der Waals surface area (Å²) in [6, 6.07) is 8.52. The van der Waals surface area contributed by atoms with E-state index in [1.54, 1.807) is 30.3 Å². The number of nitrogens with two attached hydrogens (primary N) is 1. The molecular weight excluding hydrogens is 314 g/mol. The fourth-order valence-electron chi connectivity index (χ4n) is 2.70. The number of nitrogens with one attached hydrogen (secondary N) is 1. The van der Waals surface area contributed by atoms with Crippen molar-refractivity contribution < 1.29 is 13.2 Å². The average Bonchev–Trinajstić information content (AvgIpc) is 2.59. The molecule has 1 aromatic rings. The molecule has 0 aliphatic carbocycles. The van der Waals surface area contributed by atoms with Crippen LogP contribution in [0.15, 0.2) is 35.2 Å². The smallest absolute Gasteiger partial charge is 0.243 e. The van der Waals surface area contributed by atoms with Gasteiger partial charge in [-0.2, -0.15) is 4.31 Å². The van der Waals surface area contributed by atoms with Gasteiger partial charge in [0.2, 0.25) is 15.9 Å². The molecule has 0 aromatic heterocycles. The molecule has 0 unspecified atom stereocenters. The molecule has 2 rings (SSSR count). The quantitative estimate of drug-likeness (QED) is 0.773. The largest absolute Gasteiger partial charge is 0.356 e. The third-order valence-corrected chi connectivity index (χ3v) is 6.06. The summed E-state index contributed by atoms with van der Waals surface area (Å²) >= 11 is 0. The van der Waals surface area contributed by atoms with Gasteiger partial charge in [0.15, 0.2) is 0 Å². The molecule has 0 saturated carbocycles. The summed E-state index contributed by atoms with van der Waals surface area (Å²) in [7, 11) is -3.40. The first kappa shape index (κ1) is 17.9. The molecule has 1 heterocycles. The van der Waals surface area contributed by atoms with Gasteiger partial charge in [0.05, 0.1) is 4.90 Å². The SMILES string of the molecule is NCCCC(=O)NCC1CCN(S(=O)(=O)c2ccccc2)CC1. The van der Waals surface area contributed by atoms with E-state index in [0.29, 0.717) is 49.8 Å². The topological polar surface area (TPSA) is 92.5 Å². The molecule has 0 radical (unpaired) electrons. The Morgan fingerprint density at radius 2 is 1.87 bits per heavy atom. The number of sulfonamides is 1. The summed E-state index contributed by atoms with van der Waals surface area (Å²) in [4.78, 5) is 11.9. The lowest BCUT2D eigenvalue weighted by molar-refractivity contribution is -0.121. The Morgan fingerprint density at radius 3 is 2.48 bits per heavy atom. The van der Waals surface area contributed by atoms with Crippen molar-refractivity contribution in [3.05, 3.63) is 30.3 Å². The molecule has 1 aliphatic heterocycles. The van der Waals surface area contributed by atoms with Gasteiger partial charge in [-0.15, -0.1) is 0 Å². The molecule has 0 spiro atoms. The minimum absolute atomic E-state index is 0.0230. The Labute approximate surface area is 138 Å². The molecule has 3 N–H and O–H groups in total. The summed E-state index contributed by atoms with van der Waals surface area (Å²) in [5.74, 6) is 0.355. The Kier molecular flexibility index (Phi) is 6.56. The number of hydrogen-bond acceptors (Lipinski definition) is 4. The Morgan fingerprint density at radius 1 is 1.22 bits per heavy atom. The number of carbonyl (C=O) groups is 1. The third-order valence-electron chi connectivity index (χ3n) is 4.15. The fourth-order valence-corrected chi connectivity index (χ4v) is 4.20. The number of benzene rings is 1. The maximum atomic E-state index is 12.5. The normalized spacial score (nSPS) is 17.1. The zero-order valence-corrected chi connectivity index (χ0v) is 14.1. The molecule has 7 heteroatoms. The van der Waals surface area contributed by atoms with Crippen LogP contribution in [0.3, 0.4) is 0 Å². The van der Waals surface area contributed by atoms with Crippen LogP contribution < -0.4 is 11.1 Å². The lowest BCUT2D eigenvalue weighted by Gasteiger charge is -2.31. The van der Waals surface area contributed by atoms with Crippen molar-refractivity contribution in [3.8, 4) is 0 Å². The van der Waals surface area contributed by atoms with E-state index in [4.69, 9.17) is 5.73 Å². The second kappa shape index (κ2) is 8.42. The van der Waals surface area contributed by atoms with Crippen molar-refractivity contribution in [2.45, 2.75) is 30.6 Å². The van der Waals surface area contributed by atoms with E-state index in [2.05, 4.69) is 5.32 Å². The fraction of sp³-hybridized carbons (Fsp3) is 0.562. The van der Waals surface area contributed by atoms with E-state index in [-0.39, 0.29) is 5.91 Å². The maximum Gasteiger partial charge on any atom is 0.243 e. The highest BCUT2D eigenvalue weighted by Gasteiger charge is 2.29. The van der Waals surface area contributed by atoms with E-state index < -0.39 is 10.0 Å². The van der Waals surface area contributed by atoms with Crippen LogP contribution >= 0.6 is 0 Å². The second-order valence-corrected chi connectivity index (χ2v) is 7.79. The Bertz CT molecular complexity index is 596. The summed E-state index contributed by atoms with van der Waals surface area (Å²) < 4.78 is 26.6. The summed E-state index contributed by atoms with van der Waals surface area (Å²) in [6.45, 7) is 2.13. The van der Waals surface area contributed by atoms with E-state index in [1.165, 1.54) is 4.31 Å². The minimum atomic E-state index is -3.40. The van der Waals surface area contributed by atoms with Crippen LogP contribution in [0.5, 0.6) is 0 Å². The van der Waals surface area contributed by atoms with Crippen LogP contribution in [0.4, 0.5) is 0 Å². The van der Waals surface area contributed by atoms with Crippen molar-refractivity contribution in [1.29, 1.82) is 0 Å². The molecule has 1 aromatic carbocycles. The first-order valence-corrected chi connectivity index (χ1v) is 9.50. The maximum absolute atomic E-state index is 12.5. The van der Waals surface area contributed by atoms with Gasteiger partial charge < -0.3 is 11.1 Å². The van der Waals surface area contributed by atoms with E-state index >= 15 is 0 Å². The molecule has 1 fully saturated rings. The molecular formula is C16H25N3O3S. The molecule has 0 atom stereocenters. The standard InChI is InChI=1S/C16H25N3O3S/c17-10-4-7-16(20)18-13-14-8-11-19(12-9-14)23(21,22)15-5-2-1-3-6-15/h1-3,5-6,14H,4,7-13,17H2,(H,18,20).